The van der Waals surface area contributed by atoms with Crippen LogP contribution in [0.2, 0.25) is 0 Å². The van der Waals surface area contributed by atoms with E-state index in [-0.39, 0.29) is 17.6 Å². The van der Waals surface area contributed by atoms with Gasteiger partial charge in [-0.25, -0.2) is 4.98 Å². The van der Waals surface area contributed by atoms with Gasteiger partial charge in [-0.2, -0.15) is 0 Å². The molecule has 9 heteroatoms. The number of thioether (sulfide) groups is 1. The predicted molar refractivity (Wildman–Crippen MR) is 140 cm³/mol. The number of carbonyl (C=O) groups is 1. The molecular formula is C25H30N4O3S2. The number of aryl methyl sites for hydroxylation is 1. The Morgan fingerprint density at radius 2 is 2.03 bits per heavy atom. The van der Waals surface area contributed by atoms with E-state index >= 15 is 0 Å². The third kappa shape index (κ3) is 4.41. The monoisotopic (exact) mass is 498 g/mol. The van der Waals surface area contributed by atoms with E-state index in [0.29, 0.717) is 44.6 Å². The number of thiocarbonyl (C=S) groups is 1. The Bertz CT molecular complexity index is 1220. The Hall–Kier alpha value is -2.23. The lowest BCUT2D eigenvalue weighted by atomic mass is 9.91. The molecule has 0 aromatic carbocycles. The maximum Gasteiger partial charge on any atom is 0.267 e. The van der Waals surface area contributed by atoms with Gasteiger partial charge in [-0.1, -0.05) is 43.9 Å². The molecule has 3 saturated heterocycles. The molecule has 180 valence electrons. The van der Waals surface area contributed by atoms with Gasteiger partial charge >= 0.3 is 0 Å². The summed E-state index contributed by atoms with van der Waals surface area (Å²) in [5, 5.41) is 0. The van der Waals surface area contributed by atoms with Gasteiger partial charge in [-0.3, -0.25) is 18.9 Å². The molecule has 34 heavy (non-hydrogen) atoms. The minimum Gasteiger partial charge on any atom is -0.376 e. The topological polar surface area (TPSA) is 67.2 Å². The van der Waals surface area contributed by atoms with Crippen LogP contribution in [0, 0.1) is 18.8 Å². The summed E-state index contributed by atoms with van der Waals surface area (Å²) in [6, 6.07) is 3.81. The van der Waals surface area contributed by atoms with Crippen LogP contribution >= 0.6 is 24.0 Å². The van der Waals surface area contributed by atoms with E-state index in [1.807, 2.05) is 19.1 Å². The van der Waals surface area contributed by atoms with Crippen molar-refractivity contribution in [3.05, 3.63) is 44.7 Å². The average molecular weight is 499 g/mol. The van der Waals surface area contributed by atoms with Crippen molar-refractivity contribution >= 4 is 51.7 Å². The van der Waals surface area contributed by atoms with Crippen LogP contribution in [0.15, 0.2) is 28.0 Å². The van der Waals surface area contributed by atoms with Crippen molar-refractivity contribution in [2.75, 3.05) is 31.1 Å². The first-order chi connectivity index (χ1) is 16.3. The number of nitrogens with zero attached hydrogens (tertiary/aromatic N) is 4. The first kappa shape index (κ1) is 23.5. The molecule has 3 aliphatic heterocycles. The molecule has 5 heterocycles. The minimum absolute atomic E-state index is 0.0182. The fourth-order valence-electron chi connectivity index (χ4n) is 5.28. The zero-order valence-corrected chi connectivity index (χ0v) is 21.5. The molecule has 0 aliphatic carbocycles. The van der Waals surface area contributed by atoms with E-state index in [0.717, 1.165) is 44.5 Å². The number of aromatic nitrogens is 2. The van der Waals surface area contributed by atoms with Crippen molar-refractivity contribution in [1.29, 1.82) is 0 Å². The van der Waals surface area contributed by atoms with Gasteiger partial charge in [-0.15, -0.1) is 0 Å². The van der Waals surface area contributed by atoms with Gasteiger partial charge in [0.1, 0.15) is 15.8 Å². The SMILES string of the molecule is Cc1cccn2c(=O)c(/C=C3\SC(=S)N(C[C@@H]4CCCO4)C3=O)c(N3C[C@H](C)C[C@H](C)C3)nc12. The second kappa shape index (κ2) is 9.43. The van der Waals surface area contributed by atoms with Gasteiger partial charge < -0.3 is 9.64 Å². The van der Waals surface area contributed by atoms with Gasteiger partial charge in [0.05, 0.1) is 23.1 Å². The molecule has 3 fully saturated rings. The molecule has 0 N–H and O–H groups in total. The minimum atomic E-state index is -0.168. The van der Waals surface area contributed by atoms with Crippen LogP contribution < -0.4 is 10.5 Å². The third-order valence-corrected chi connectivity index (χ3v) is 8.17. The summed E-state index contributed by atoms with van der Waals surface area (Å²) in [4.78, 5) is 36.3. The normalized spacial score (nSPS) is 26.9. The van der Waals surface area contributed by atoms with Crippen LogP contribution in [-0.2, 0) is 9.53 Å². The number of anilines is 1. The molecule has 0 radical (unpaired) electrons. The van der Waals surface area contributed by atoms with E-state index in [1.54, 1.807) is 21.6 Å². The highest BCUT2D eigenvalue weighted by Gasteiger charge is 2.35. The molecule has 2 aromatic heterocycles. The first-order valence-corrected chi connectivity index (χ1v) is 13.2. The van der Waals surface area contributed by atoms with Crippen molar-refractivity contribution in [2.45, 2.75) is 46.1 Å². The van der Waals surface area contributed by atoms with Crippen molar-refractivity contribution in [1.82, 2.24) is 14.3 Å². The zero-order valence-electron chi connectivity index (χ0n) is 19.8. The Morgan fingerprint density at radius 1 is 1.26 bits per heavy atom. The van der Waals surface area contributed by atoms with Crippen molar-refractivity contribution in [3.8, 4) is 0 Å². The fourth-order valence-corrected chi connectivity index (χ4v) is 6.54. The molecule has 1 amide bonds. The van der Waals surface area contributed by atoms with Crippen LogP contribution in [0.4, 0.5) is 5.82 Å². The van der Waals surface area contributed by atoms with E-state index in [4.69, 9.17) is 21.9 Å². The maximum atomic E-state index is 13.7. The number of carbonyl (C=O) groups excluding carboxylic acids is 1. The first-order valence-electron chi connectivity index (χ1n) is 12.0. The Kier molecular flexibility index (Phi) is 6.52. The summed E-state index contributed by atoms with van der Waals surface area (Å²) in [7, 11) is 0. The fraction of sp³-hybridized carbons (Fsp3) is 0.520. The smallest absolute Gasteiger partial charge is 0.267 e. The molecule has 0 bridgehead atoms. The molecule has 2 aromatic rings. The van der Waals surface area contributed by atoms with E-state index < -0.39 is 0 Å². The molecule has 5 rings (SSSR count). The van der Waals surface area contributed by atoms with Crippen LogP contribution in [-0.4, -0.2) is 56.9 Å². The average Bonchev–Trinajstić information content (AvgIpc) is 3.39. The van der Waals surface area contributed by atoms with Gasteiger partial charge in [0, 0.05) is 25.9 Å². The van der Waals surface area contributed by atoms with Crippen molar-refractivity contribution < 1.29 is 9.53 Å². The Morgan fingerprint density at radius 3 is 2.74 bits per heavy atom. The lowest BCUT2D eigenvalue weighted by Gasteiger charge is -2.36. The quantitative estimate of drug-likeness (QED) is 0.468. The van der Waals surface area contributed by atoms with Crippen LogP contribution in [0.1, 0.15) is 44.2 Å². The van der Waals surface area contributed by atoms with E-state index in [2.05, 4.69) is 18.7 Å². The molecule has 0 spiro atoms. The van der Waals surface area contributed by atoms with Crippen LogP contribution in [0.25, 0.3) is 11.7 Å². The lowest BCUT2D eigenvalue weighted by Crippen LogP contribution is -2.40. The summed E-state index contributed by atoms with van der Waals surface area (Å²) in [5.41, 5.74) is 1.87. The second-order valence-electron chi connectivity index (χ2n) is 9.82. The number of hydrogen-bond donors (Lipinski definition) is 0. The summed E-state index contributed by atoms with van der Waals surface area (Å²) < 4.78 is 7.80. The van der Waals surface area contributed by atoms with Gasteiger partial charge in [0.2, 0.25) is 0 Å². The zero-order chi connectivity index (χ0) is 24.0. The van der Waals surface area contributed by atoms with Crippen LogP contribution in [0.5, 0.6) is 0 Å². The second-order valence-corrected chi connectivity index (χ2v) is 11.5. The third-order valence-electron chi connectivity index (χ3n) is 6.79. The summed E-state index contributed by atoms with van der Waals surface area (Å²) in [6.07, 6.45) is 6.55. The lowest BCUT2D eigenvalue weighted by molar-refractivity contribution is -0.123. The molecule has 0 saturated carbocycles. The number of fused-ring (bicyclic) bond motifs is 1. The van der Waals surface area contributed by atoms with Crippen molar-refractivity contribution in [2.24, 2.45) is 11.8 Å². The summed E-state index contributed by atoms with van der Waals surface area (Å²) in [5.74, 6) is 1.49. The molecule has 0 unspecified atom stereocenters. The van der Waals surface area contributed by atoms with Crippen molar-refractivity contribution in [3.63, 3.8) is 0 Å². The Balaban J connectivity index is 1.59. The largest absolute Gasteiger partial charge is 0.376 e. The number of piperidine rings is 1. The maximum absolute atomic E-state index is 13.7. The highest BCUT2D eigenvalue weighted by molar-refractivity contribution is 8.26. The standard InChI is InChI=1S/C25H30N4O3S2/c1-15-10-16(2)13-27(12-15)22-19(23(30)28-8-4-6-17(3)21(28)26-22)11-20-24(31)29(25(33)34-20)14-18-7-5-9-32-18/h4,6,8,11,15-16,18H,5,7,9-10,12-14H2,1-3H3/b20-11-/t15-,16+,18-/m0/s1. The molecule has 7 nitrogen and oxygen atoms in total. The molecular weight excluding hydrogens is 468 g/mol. The van der Waals surface area contributed by atoms with Gasteiger partial charge in [0.25, 0.3) is 11.5 Å². The molecule has 3 aliphatic rings. The van der Waals surface area contributed by atoms with Gasteiger partial charge in [0.15, 0.2) is 0 Å². The highest BCUT2D eigenvalue weighted by Crippen LogP contribution is 2.35. The Labute approximate surface area is 209 Å². The summed E-state index contributed by atoms with van der Waals surface area (Å²) in [6.45, 7) is 9.28. The highest BCUT2D eigenvalue weighted by atomic mass is 32.2. The number of pyridine rings is 1. The number of ether oxygens (including phenoxy) is 1. The number of hydrogen-bond acceptors (Lipinski definition) is 7. The summed E-state index contributed by atoms with van der Waals surface area (Å²) >= 11 is 6.78. The van der Waals surface area contributed by atoms with Crippen LogP contribution in [0.3, 0.4) is 0 Å². The number of rotatable bonds is 4. The van der Waals surface area contributed by atoms with E-state index in [1.165, 1.54) is 11.8 Å². The van der Waals surface area contributed by atoms with Gasteiger partial charge in [-0.05, 0) is 55.7 Å². The number of amides is 1. The molecule has 3 atom stereocenters. The van der Waals surface area contributed by atoms with E-state index in [9.17, 15) is 9.59 Å². The predicted octanol–water partition coefficient (Wildman–Crippen LogP) is 3.87.